The van der Waals surface area contributed by atoms with E-state index in [-0.39, 0.29) is 41.9 Å². The quantitative estimate of drug-likeness (QED) is 0.281. The van der Waals surface area contributed by atoms with E-state index >= 15 is 0 Å². The van der Waals surface area contributed by atoms with Crippen LogP contribution in [0.25, 0.3) is 0 Å². The van der Waals surface area contributed by atoms with Crippen molar-refractivity contribution in [3.8, 4) is 0 Å². The zero-order valence-corrected chi connectivity index (χ0v) is 20.1. The summed E-state index contributed by atoms with van der Waals surface area (Å²) in [5, 5.41) is 3.41. The number of carbonyl (C=O) groups excluding carboxylic acids is 1. The molecule has 1 aromatic rings. The number of hydrogen-bond donors (Lipinski definition) is 1. The van der Waals surface area contributed by atoms with E-state index < -0.39 is 0 Å². The second-order valence-electron chi connectivity index (χ2n) is 7.37. The Balaban J connectivity index is 0.00000392. The Morgan fingerprint density at radius 1 is 1.29 bits per heavy atom. The number of halogens is 1. The topological polar surface area (TPSA) is 57.2 Å². The summed E-state index contributed by atoms with van der Waals surface area (Å²) < 4.78 is 4.89. The average molecular weight is 502 g/mol. The number of methoxy groups -OCH3 is 1. The molecule has 2 rings (SSSR count). The number of ether oxygens (including phenoxy) is 1. The van der Waals surface area contributed by atoms with Crippen molar-refractivity contribution >= 4 is 35.9 Å². The van der Waals surface area contributed by atoms with Gasteiger partial charge in [-0.05, 0) is 46.3 Å². The molecule has 1 unspecified atom stereocenters. The van der Waals surface area contributed by atoms with E-state index in [0.717, 1.165) is 38.4 Å². The van der Waals surface area contributed by atoms with Crippen LogP contribution in [0.4, 0.5) is 0 Å². The average Bonchev–Trinajstić information content (AvgIpc) is 2.68. The van der Waals surface area contributed by atoms with Gasteiger partial charge in [0.15, 0.2) is 5.96 Å². The summed E-state index contributed by atoms with van der Waals surface area (Å²) in [4.78, 5) is 21.1. The largest absolute Gasteiger partial charge is 0.469 e. The predicted octanol–water partition coefficient (Wildman–Crippen LogP) is 3.07. The minimum absolute atomic E-state index is 0. The molecule has 1 aliphatic rings. The number of likely N-dealkylation sites (N-methyl/N-ethyl adjacent to an activating group) is 1. The third-order valence-corrected chi connectivity index (χ3v) is 5.16. The van der Waals surface area contributed by atoms with Crippen molar-refractivity contribution in [2.24, 2.45) is 10.9 Å². The van der Waals surface area contributed by atoms with Crippen molar-refractivity contribution in [3.05, 3.63) is 35.4 Å². The van der Waals surface area contributed by atoms with Crippen molar-refractivity contribution in [2.45, 2.75) is 32.7 Å². The maximum atomic E-state index is 11.7. The van der Waals surface area contributed by atoms with Gasteiger partial charge in [-0.3, -0.25) is 9.79 Å². The van der Waals surface area contributed by atoms with Gasteiger partial charge in [0.25, 0.3) is 0 Å². The molecule has 28 heavy (non-hydrogen) atoms. The first-order valence-corrected chi connectivity index (χ1v) is 9.80. The molecule has 0 saturated carbocycles. The van der Waals surface area contributed by atoms with E-state index in [1.807, 2.05) is 0 Å². The molecule has 0 aromatic heterocycles. The molecule has 7 heteroatoms. The number of aryl methyl sites for hydroxylation is 1. The van der Waals surface area contributed by atoms with Gasteiger partial charge in [0.1, 0.15) is 0 Å². The molecule has 1 N–H and O–H groups in total. The van der Waals surface area contributed by atoms with Crippen LogP contribution in [0.1, 0.15) is 36.9 Å². The maximum absolute atomic E-state index is 11.7. The number of hydrogen-bond acceptors (Lipinski definition) is 4. The van der Waals surface area contributed by atoms with E-state index in [2.05, 4.69) is 67.3 Å². The highest BCUT2D eigenvalue weighted by molar-refractivity contribution is 14.0. The van der Waals surface area contributed by atoms with Crippen molar-refractivity contribution < 1.29 is 9.53 Å². The summed E-state index contributed by atoms with van der Waals surface area (Å²) in [6, 6.07) is 8.90. The summed E-state index contributed by atoms with van der Waals surface area (Å²) in [6.07, 6.45) is 1.62. The Morgan fingerprint density at radius 2 is 1.89 bits per heavy atom. The lowest BCUT2D eigenvalue weighted by molar-refractivity contribution is -0.146. The molecule has 1 heterocycles. The van der Waals surface area contributed by atoms with Crippen LogP contribution in [0.5, 0.6) is 0 Å². The number of nitrogens with one attached hydrogen (secondary N) is 1. The molecule has 6 nitrogen and oxygen atoms in total. The minimum Gasteiger partial charge on any atom is -0.469 e. The molecule has 1 saturated heterocycles. The molecule has 1 fully saturated rings. The lowest BCUT2D eigenvalue weighted by atomic mass is 9.97. The van der Waals surface area contributed by atoms with Gasteiger partial charge < -0.3 is 19.9 Å². The molecule has 1 atom stereocenters. The second-order valence-corrected chi connectivity index (χ2v) is 7.37. The van der Waals surface area contributed by atoms with Gasteiger partial charge >= 0.3 is 5.97 Å². The molecule has 0 spiro atoms. The number of rotatable bonds is 6. The van der Waals surface area contributed by atoms with Crippen molar-refractivity contribution in [2.75, 3.05) is 47.4 Å². The number of aliphatic imine (C=N–C) groups is 1. The Kier molecular flexibility index (Phi) is 10.8. The summed E-state index contributed by atoms with van der Waals surface area (Å²) in [5.41, 5.74) is 2.54. The summed E-state index contributed by atoms with van der Waals surface area (Å²) in [7, 11) is 5.65. The summed E-state index contributed by atoms with van der Waals surface area (Å²) >= 11 is 0. The zero-order valence-electron chi connectivity index (χ0n) is 17.8. The number of piperidine rings is 1. The first kappa shape index (κ1) is 24.7. The number of guanidine groups is 1. The van der Waals surface area contributed by atoms with Crippen LogP contribution >= 0.6 is 24.0 Å². The van der Waals surface area contributed by atoms with Gasteiger partial charge in [-0.1, -0.05) is 29.8 Å². The Labute approximate surface area is 186 Å². The van der Waals surface area contributed by atoms with Gasteiger partial charge in [-0.15, -0.1) is 24.0 Å². The predicted molar refractivity (Wildman–Crippen MR) is 125 cm³/mol. The van der Waals surface area contributed by atoms with Crippen LogP contribution in [0.3, 0.4) is 0 Å². The molecule has 0 aliphatic carbocycles. The number of benzene rings is 1. The molecular weight excluding hydrogens is 467 g/mol. The Bertz CT molecular complexity index is 626. The number of likely N-dealkylation sites (tertiary alicyclic amines) is 1. The third kappa shape index (κ3) is 6.92. The zero-order chi connectivity index (χ0) is 19.8. The lowest BCUT2D eigenvalue weighted by Crippen LogP contribution is -2.47. The molecule has 158 valence electrons. The van der Waals surface area contributed by atoms with E-state index in [9.17, 15) is 4.79 Å². The maximum Gasteiger partial charge on any atom is 0.308 e. The Hall–Kier alpha value is -1.35. The third-order valence-electron chi connectivity index (χ3n) is 5.16. The number of nitrogens with zero attached hydrogens (tertiary/aromatic N) is 3. The molecule has 1 aromatic carbocycles. The molecule has 0 radical (unpaired) electrons. The standard InChI is InChI=1S/C21H34N4O2.HI/c1-6-22-21(25-13-11-18(12-14-25)20(26)27-5)23-15-19(24(3)4)17-9-7-16(2)8-10-17;/h7-10,18-19H,6,11-15H2,1-5H3,(H,22,23);1H. The highest BCUT2D eigenvalue weighted by Crippen LogP contribution is 2.21. The van der Waals surface area contributed by atoms with Crippen molar-refractivity contribution in [1.82, 2.24) is 15.1 Å². The van der Waals surface area contributed by atoms with E-state index in [1.165, 1.54) is 18.2 Å². The van der Waals surface area contributed by atoms with Gasteiger partial charge in [0, 0.05) is 19.6 Å². The van der Waals surface area contributed by atoms with Gasteiger partial charge in [0.2, 0.25) is 0 Å². The Morgan fingerprint density at radius 3 is 2.39 bits per heavy atom. The first-order valence-electron chi connectivity index (χ1n) is 9.80. The van der Waals surface area contributed by atoms with Crippen LogP contribution in [0.2, 0.25) is 0 Å². The monoisotopic (exact) mass is 502 g/mol. The fourth-order valence-corrected chi connectivity index (χ4v) is 3.45. The smallest absolute Gasteiger partial charge is 0.308 e. The van der Waals surface area contributed by atoms with Crippen LogP contribution < -0.4 is 5.32 Å². The van der Waals surface area contributed by atoms with Crippen molar-refractivity contribution in [3.63, 3.8) is 0 Å². The number of esters is 1. The molecule has 1 aliphatic heterocycles. The molecule has 0 bridgehead atoms. The summed E-state index contributed by atoms with van der Waals surface area (Å²) in [6.45, 7) is 7.35. The fraction of sp³-hybridized carbons (Fsp3) is 0.619. The highest BCUT2D eigenvalue weighted by atomic mass is 127. The second kappa shape index (κ2) is 12.3. The van der Waals surface area contributed by atoms with Gasteiger partial charge in [0.05, 0.1) is 25.6 Å². The summed E-state index contributed by atoms with van der Waals surface area (Å²) in [5.74, 6) is 0.847. The lowest BCUT2D eigenvalue weighted by Gasteiger charge is -2.33. The van der Waals surface area contributed by atoms with Gasteiger partial charge in [-0.2, -0.15) is 0 Å². The van der Waals surface area contributed by atoms with Crippen LogP contribution in [-0.4, -0.2) is 69.1 Å². The molecule has 0 amide bonds. The van der Waals surface area contributed by atoms with E-state index in [4.69, 9.17) is 9.73 Å². The molecular formula is C21H35IN4O2. The fourth-order valence-electron chi connectivity index (χ4n) is 3.45. The van der Waals surface area contributed by atoms with E-state index in [0.29, 0.717) is 6.54 Å². The van der Waals surface area contributed by atoms with Crippen LogP contribution in [0, 0.1) is 12.8 Å². The normalized spacial score (nSPS) is 16.5. The number of carbonyl (C=O) groups is 1. The first-order chi connectivity index (χ1) is 13.0. The SMILES string of the molecule is CCNC(=NCC(c1ccc(C)cc1)N(C)C)N1CCC(C(=O)OC)CC1.I. The minimum atomic E-state index is -0.0939. The van der Waals surface area contributed by atoms with E-state index in [1.54, 1.807) is 0 Å². The van der Waals surface area contributed by atoms with Gasteiger partial charge in [-0.25, -0.2) is 0 Å². The van der Waals surface area contributed by atoms with Crippen molar-refractivity contribution in [1.29, 1.82) is 0 Å². The van der Waals surface area contributed by atoms with Crippen LogP contribution in [0.15, 0.2) is 29.3 Å². The highest BCUT2D eigenvalue weighted by Gasteiger charge is 2.27. The van der Waals surface area contributed by atoms with Crippen LogP contribution in [-0.2, 0) is 9.53 Å².